The molecule has 3 aromatic carbocycles. The molecule has 132 valence electrons. The van der Waals surface area contributed by atoms with Crippen LogP contribution in [0.4, 0.5) is 10.1 Å². The van der Waals surface area contributed by atoms with E-state index in [0.717, 1.165) is 41.0 Å². The van der Waals surface area contributed by atoms with Gasteiger partial charge in [-0.05, 0) is 71.9 Å². The summed E-state index contributed by atoms with van der Waals surface area (Å²) in [5.74, 6) is 0.658. The number of hydrogen-bond acceptors (Lipinski definition) is 2. The van der Waals surface area contributed by atoms with Crippen molar-refractivity contribution in [1.29, 1.82) is 0 Å². The summed E-state index contributed by atoms with van der Waals surface area (Å²) in [7, 11) is 0. The topological polar surface area (TPSA) is 29.1 Å². The van der Waals surface area contributed by atoms with E-state index in [-0.39, 0.29) is 11.7 Å². The number of hydrogen-bond donors (Lipinski definition) is 1. The van der Waals surface area contributed by atoms with Gasteiger partial charge in [0, 0.05) is 22.4 Å². The highest BCUT2D eigenvalue weighted by Gasteiger charge is 2.16. The van der Waals surface area contributed by atoms with Crippen LogP contribution in [0, 0.1) is 5.82 Å². The second kappa shape index (κ2) is 7.50. The zero-order valence-corrected chi connectivity index (χ0v) is 15.2. The molecule has 26 heavy (non-hydrogen) atoms. The maximum Gasteiger partial charge on any atom is 0.224 e. The predicted octanol–water partition coefficient (Wildman–Crippen LogP) is 5.59. The Bertz CT molecular complexity index is 942. The second-order valence-corrected chi connectivity index (χ2v) is 7.73. The number of benzene rings is 3. The third-order valence-corrected chi connectivity index (χ3v) is 5.88. The van der Waals surface area contributed by atoms with Crippen LogP contribution in [-0.2, 0) is 17.6 Å². The summed E-state index contributed by atoms with van der Waals surface area (Å²) in [5.41, 5.74) is 3.66. The van der Waals surface area contributed by atoms with Crippen LogP contribution in [0.5, 0.6) is 0 Å². The van der Waals surface area contributed by atoms with Crippen LogP contribution in [0.2, 0.25) is 0 Å². The van der Waals surface area contributed by atoms with Crippen molar-refractivity contribution in [3.63, 3.8) is 0 Å². The van der Waals surface area contributed by atoms with E-state index in [2.05, 4.69) is 29.6 Å². The Morgan fingerprint density at radius 2 is 1.77 bits per heavy atom. The average Bonchev–Trinajstić information content (AvgIpc) is 3.07. The smallest absolute Gasteiger partial charge is 0.224 e. The SMILES string of the molecule is O=C(CCCSc1ccc(F)cc1)Nc1ccc2c3c(cccc13)CC2. The Morgan fingerprint density at radius 3 is 2.58 bits per heavy atom. The van der Waals surface area contributed by atoms with Crippen molar-refractivity contribution < 1.29 is 9.18 Å². The highest BCUT2D eigenvalue weighted by atomic mass is 32.2. The molecule has 1 aliphatic carbocycles. The maximum atomic E-state index is 12.9. The lowest BCUT2D eigenvalue weighted by atomic mass is 10.0. The van der Waals surface area contributed by atoms with Gasteiger partial charge in [-0.2, -0.15) is 0 Å². The van der Waals surface area contributed by atoms with Crippen molar-refractivity contribution in [2.75, 3.05) is 11.1 Å². The van der Waals surface area contributed by atoms with Crippen LogP contribution in [0.25, 0.3) is 10.8 Å². The molecular formula is C22H20FNOS. The molecule has 4 rings (SSSR count). The Kier molecular flexibility index (Phi) is 4.93. The van der Waals surface area contributed by atoms with Gasteiger partial charge in [0.15, 0.2) is 0 Å². The minimum Gasteiger partial charge on any atom is -0.326 e. The number of nitrogens with one attached hydrogen (secondary N) is 1. The normalized spacial score (nSPS) is 12.5. The van der Waals surface area contributed by atoms with Gasteiger partial charge >= 0.3 is 0 Å². The molecule has 0 bridgehead atoms. The van der Waals surface area contributed by atoms with Crippen LogP contribution < -0.4 is 5.32 Å². The van der Waals surface area contributed by atoms with Gasteiger partial charge in [-0.25, -0.2) is 4.39 Å². The largest absolute Gasteiger partial charge is 0.326 e. The monoisotopic (exact) mass is 365 g/mol. The fraction of sp³-hybridized carbons (Fsp3) is 0.227. The summed E-state index contributed by atoms with van der Waals surface area (Å²) < 4.78 is 12.9. The number of thioether (sulfide) groups is 1. The van der Waals surface area contributed by atoms with Gasteiger partial charge in [-0.1, -0.05) is 24.3 Å². The summed E-state index contributed by atoms with van der Waals surface area (Å²) in [6, 6.07) is 17.0. The Labute approximate surface area is 156 Å². The van der Waals surface area contributed by atoms with Crippen molar-refractivity contribution in [3.05, 3.63) is 71.5 Å². The fourth-order valence-electron chi connectivity index (χ4n) is 3.52. The maximum absolute atomic E-state index is 12.9. The number of rotatable bonds is 6. The van der Waals surface area contributed by atoms with Gasteiger partial charge in [0.05, 0.1) is 0 Å². The summed E-state index contributed by atoms with van der Waals surface area (Å²) in [5, 5.41) is 5.54. The van der Waals surface area contributed by atoms with Crippen LogP contribution in [0.3, 0.4) is 0 Å². The highest BCUT2D eigenvalue weighted by molar-refractivity contribution is 7.99. The lowest BCUT2D eigenvalue weighted by Gasteiger charge is -2.10. The van der Waals surface area contributed by atoms with Crippen LogP contribution >= 0.6 is 11.8 Å². The standard InChI is InChI=1S/C22H20FNOS/c23-17-9-11-18(12-10-17)26-14-2-5-21(25)24-20-13-8-16-7-6-15-3-1-4-19(20)22(15)16/h1,3-4,8-13H,2,5-7,14H2,(H,24,25). The summed E-state index contributed by atoms with van der Waals surface area (Å²) in [6.45, 7) is 0. The van der Waals surface area contributed by atoms with E-state index in [1.165, 1.54) is 28.6 Å². The van der Waals surface area contributed by atoms with Gasteiger partial charge in [-0.3, -0.25) is 4.79 Å². The molecule has 0 atom stereocenters. The molecule has 0 unspecified atom stereocenters. The minimum absolute atomic E-state index is 0.0448. The summed E-state index contributed by atoms with van der Waals surface area (Å²) in [6.07, 6.45) is 3.45. The molecule has 0 saturated carbocycles. The number of halogens is 1. The van der Waals surface area contributed by atoms with Crippen molar-refractivity contribution in [2.45, 2.75) is 30.6 Å². The molecular weight excluding hydrogens is 345 g/mol. The quantitative estimate of drug-likeness (QED) is 0.456. The Morgan fingerprint density at radius 1 is 1.00 bits per heavy atom. The molecule has 0 radical (unpaired) electrons. The van der Waals surface area contributed by atoms with Crippen molar-refractivity contribution in [1.82, 2.24) is 0 Å². The number of aryl methyl sites for hydroxylation is 2. The zero-order valence-electron chi connectivity index (χ0n) is 14.4. The highest BCUT2D eigenvalue weighted by Crippen LogP contribution is 2.35. The number of anilines is 1. The van der Waals surface area contributed by atoms with Crippen LogP contribution in [-0.4, -0.2) is 11.7 Å². The molecule has 0 aromatic heterocycles. The summed E-state index contributed by atoms with van der Waals surface area (Å²) in [4.78, 5) is 13.4. The molecule has 0 spiro atoms. The van der Waals surface area contributed by atoms with Gasteiger partial charge in [0.25, 0.3) is 0 Å². The van der Waals surface area contributed by atoms with Crippen LogP contribution in [0.1, 0.15) is 24.0 Å². The van der Waals surface area contributed by atoms with Crippen molar-refractivity contribution in [3.8, 4) is 0 Å². The molecule has 1 N–H and O–H groups in total. The molecule has 0 fully saturated rings. The molecule has 4 heteroatoms. The van der Waals surface area contributed by atoms with Crippen LogP contribution in [0.15, 0.2) is 59.5 Å². The van der Waals surface area contributed by atoms with E-state index >= 15 is 0 Å². The molecule has 0 aliphatic heterocycles. The number of amides is 1. The number of carbonyl (C=O) groups is 1. The fourth-order valence-corrected chi connectivity index (χ4v) is 4.38. The van der Waals surface area contributed by atoms with Crippen molar-refractivity contribution >= 4 is 34.1 Å². The van der Waals surface area contributed by atoms with Gasteiger partial charge in [0.2, 0.25) is 5.91 Å². The molecule has 0 heterocycles. The lowest BCUT2D eigenvalue weighted by molar-refractivity contribution is -0.116. The third kappa shape index (κ3) is 3.61. The van der Waals surface area contributed by atoms with E-state index in [1.54, 1.807) is 23.9 Å². The predicted molar refractivity (Wildman–Crippen MR) is 106 cm³/mol. The first-order chi connectivity index (χ1) is 12.7. The van der Waals surface area contributed by atoms with E-state index in [4.69, 9.17) is 0 Å². The van der Waals surface area contributed by atoms with E-state index in [1.807, 2.05) is 6.07 Å². The first kappa shape index (κ1) is 17.1. The van der Waals surface area contributed by atoms with Gasteiger partial charge < -0.3 is 5.32 Å². The molecule has 3 aromatic rings. The minimum atomic E-state index is -0.223. The number of carbonyl (C=O) groups excluding carboxylic acids is 1. The van der Waals surface area contributed by atoms with Gasteiger partial charge in [0.1, 0.15) is 5.82 Å². The average molecular weight is 365 g/mol. The van der Waals surface area contributed by atoms with E-state index in [9.17, 15) is 9.18 Å². The van der Waals surface area contributed by atoms with E-state index < -0.39 is 0 Å². The first-order valence-corrected chi connectivity index (χ1v) is 9.91. The van der Waals surface area contributed by atoms with Gasteiger partial charge in [-0.15, -0.1) is 11.8 Å². The third-order valence-electron chi connectivity index (χ3n) is 4.78. The van der Waals surface area contributed by atoms with Crippen molar-refractivity contribution in [2.24, 2.45) is 0 Å². The first-order valence-electron chi connectivity index (χ1n) is 8.92. The molecule has 2 nitrogen and oxygen atoms in total. The Hall–Kier alpha value is -2.33. The van der Waals surface area contributed by atoms with E-state index in [0.29, 0.717) is 6.42 Å². The molecule has 1 aliphatic rings. The summed E-state index contributed by atoms with van der Waals surface area (Å²) >= 11 is 1.65. The Balaban J connectivity index is 1.34. The zero-order chi connectivity index (χ0) is 17.9. The second-order valence-electron chi connectivity index (χ2n) is 6.57. The molecule has 1 amide bonds. The lowest BCUT2D eigenvalue weighted by Crippen LogP contribution is -2.11. The molecule has 0 saturated heterocycles.